The van der Waals surface area contributed by atoms with Gasteiger partial charge in [0.15, 0.2) is 0 Å². The number of aromatic nitrogens is 2. The van der Waals surface area contributed by atoms with Crippen LogP contribution in [-0.2, 0) is 6.54 Å². The molecule has 0 aliphatic carbocycles. The van der Waals surface area contributed by atoms with Gasteiger partial charge in [0.2, 0.25) is 10.0 Å². The lowest BCUT2D eigenvalue weighted by Gasteiger charge is -2.16. The summed E-state index contributed by atoms with van der Waals surface area (Å²) in [5.74, 6) is -0.713. The van der Waals surface area contributed by atoms with E-state index in [4.69, 9.17) is 0 Å². The largest absolute Gasteiger partial charge is 0.349 e. The predicted molar refractivity (Wildman–Crippen MR) is 109 cm³/mol. The van der Waals surface area contributed by atoms with Crippen molar-refractivity contribution in [2.75, 3.05) is 25.5 Å². The van der Waals surface area contributed by atoms with Gasteiger partial charge in [-0.25, -0.2) is 0 Å². The second kappa shape index (κ2) is 9.72. The maximum absolute atomic E-state index is 12.2. The van der Waals surface area contributed by atoms with E-state index in [1.54, 1.807) is 12.1 Å². The van der Waals surface area contributed by atoms with Gasteiger partial charge in [-0.1, -0.05) is 59.9 Å². The molecule has 0 atom stereocenters. The monoisotopic (exact) mass is 395 g/mol. The number of nitrogens with zero attached hydrogens (tertiary/aromatic N) is 3. The smallest absolute Gasteiger partial charge is 0.286 e. The Morgan fingerprint density at radius 2 is 1.54 bits per heavy atom. The SMILES string of the molecule is CN(CCNC(=O)c1nnc(C(=O)Nc2ccccc2)s1)Cc1ccccc1. The fraction of sp³-hybridized carbons (Fsp3) is 0.200. The highest BCUT2D eigenvalue weighted by Gasteiger charge is 2.17. The zero-order valence-corrected chi connectivity index (χ0v) is 16.3. The van der Waals surface area contributed by atoms with E-state index in [-0.39, 0.29) is 21.8 Å². The van der Waals surface area contributed by atoms with E-state index in [1.807, 2.05) is 43.4 Å². The Hall–Kier alpha value is -3.10. The molecule has 1 heterocycles. The maximum Gasteiger partial charge on any atom is 0.286 e. The first kappa shape index (κ1) is 19.7. The number of benzene rings is 2. The Bertz CT molecular complexity index is 915. The number of anilines is 1. The summed E-state index contributed by atoms with van der Waals surface area (Å²) >= 11 is 0.970. The lowest BCUT2D eigenvalue weighted by molar-refractivity contribution is 0.0947. The molecule has 3 aromatic rings. The van der Waals surface area contributed by atoms with Crippen molar-refractivity contribution in [3.63, 3.8) is 0 Å². The molecule has 0 unspecified atom stereocenters. The van der Waals surface area contributed by atoms with E-state index >= 15 is 0 Å². The van der Waals surface area contributed by atoms with Gasteiger partial charge in [-0.2, -0.15) is 0 Å². The number of carbonyl (C=O) groups excluding carboxylic acids is 2. The summed E-state index contributed by atoms with van der Waals surface area (Å²) in [4.78, 5) is 26.5. The van der Waals surface area contributed by atoms with Crippen LogP contribution in [0.3, 0.4) is 0 Å². The summed E-state index contributed by atoms with van der Waals surface area (Å²) in [6.45, 7) is 1.98. The number of hydrogen-bond acceptors (Lipinski definition) is 6. The molecule has 0 radical (unpaired) electrons. The molecular weight excluding hydrogens is 374 g/mol. The Kier molecular flexibility index (Phi) is 6.83. The lowest BCUT2D eigenvalue weighted by Crippen LogP contribution is -2.32. The molecule has 1 aromatic heterocycles. The molecule has 2 N–H and O–H groups in total. The highest BCUT2D eigenvalue weighted by molar-refractivity contribution is 7.15. The van der Waals surface area contributed by atoms with Crippen LogP contribution in [0.1, 0.15) is 25.2 Å². The van der Waals surface area contributed by atoms with Crippen LogP contribution in [0.15, 0.2) is 60.7 Å². The molecular formula is C20H21N5O2S. The Balaban J connectivity index is 1.45. The van der Waals surface area contributed by atoms with Crippen molar-refractivity contribution < 1.29 is 9.59 Å². The van der Waals surface area contributed by atoms with Crippen molar-refractivity contribution in [1.29, 1.82) is 0 Å². The molecule has 0 aliphatic rings. The zero-order valence-electron chi connectivity index (χ0n) is 15.5. The number of rotatable bonds is 8. The molecule has 0 saturated heterocycles. The quantitative estimate of drug-likeness (QED) is 0.612. The number of likely N-dealkylation sites (N-methyl/N-ethyl adjacent to an activating group) is 1. The fourth-order valence-corrected chi connectivity index (χ4v) is 3.18. The van der Waals surface area contributed by atoms with Crippen LogP contribution >= 0.6 is 11.3 Å². The van der Waals surface area contributed by atoms with Crippen molar-refractivity contribution in [2.45, 2.75) is 6.54 Å². The summed E-state index contributed by atoms with van der Waals surface area (Å²) in [6.07, 6.45) is 0. The van der Waals surface area contributed by atoms with E-state index in [2.05, 4.69) is 37.9 Å². The second-order valence-electron chi connectivity index (χ2n) is 6.21. The highest BCUT2D eigenvalue weighted by Crippen LogP contribution is 2.13. The maximum atomic E-state index is 12.2. The van der Waals surface area contributed by atoms with E-state index in [0.29, 0.717) is 18.8 Å². The topological polar surface area (TPSA) is 87.2 Å². The van der Waals surface area contributed by atoms with Crippen molar-refractivity contribution in [3.05, 3.63) is 76.2 Å². The molecule has 0 spiro atoms. The van der Waals surface area contributed by atoms with Crippen molar-refractivity contribution >= 4 is 28.8 Å². The van der Waals surface area contributed by atoms with Crippen LogP contribution < -0.4 is 10.6 Å². The minimum atomic E-state index is -0.384. The third kappa shape index (κ3) is 5.70. The number of amides is 2. The van der Waals surface area contributed by atoms with Gasteiger partial charge in [-0.3, -0.25) is 9.59 Å². The summed E-state index contributed by atoms with van der Waals surface area (Å²) in [6, 6.07) is 19.2. The van der Waals surface area contributed by atoms with E-state index in [0.717, 1.165) is 17.9 Å². The molecule has 2 amide bonds. The number of carbonyl (C=O) groups is 2. The van der Waals surface area contributed by atoms with Gasteiger partial charge in [0.25, 0.3) is 11.8 Å². The first-order valence-corrected chi connectivity index (χ1v) is 9.64. The van der Waals surface area contributed by atoms with Crippen molar-refractivity contribution in [3.8, 4) is 0 Å². The molecule has 28 heavy (non-hydrogen) atoms. The third-order valence-corrected chi connectivity index (χ3v) is 4.84. The summed E-state index contributed by atoms with van der Waals surface area (Å²) in [5, 5.41) is 13.5. The van der Waals surface area contributed by atoms with Crippen molar-refractivity contribution in [1.82, 2.24) is 20.4 Å². The number of hydrogen-bond donors (Lipinski definition) is 2. The van der Waals surface area contributed by atoms with Crippen LogP contribution in [0.2, 0.25) is 0 Å². The molecule has 0 aliphatic heterocycles. The van der Waals surface area contributed by atoms with Crippen LogP contribution in [0.5, 0.6) is 0 Å². The Labute approximate surface area is 167 Å². The normalized spacial score (nSPS) is 10.6. The van der Waals surface area contributed by atoms with Gasteiger partial charge in [-0.15, -0.1) is 10.2 Å². The summed E-state index contributed by atoms with van der Waals surface area (Å²) in [7, 11) is 2.00. The van der Waals surface area contributed by atoms with Gasteiger partial charge in [0.1, 0.15) is 0 Å². The van der Waals surface area contributed by atoms with Crippen LogP contribution in [0.4, 0.5) is 5.69 Å². The zero-order chi connectivity index (χ0) is 19.8. The van der Waals surface area contributed by atoms with E-state index < -0.39 is 0 Å². The second-order valence-corrected chi connectivity index (χ2v) is 7.19. The van der Waals surface area contributed by atoms with Crippen LogP contribution in [0.25, 0.3) is 0 Å². The third-order valence-electron chi connectivity index (χ3n) is 3.92. The predicted octanol–water partition coefficient (Wildman–Crippen LogP) is 2.65. The van der Waals surface area contributed by atoms with E-state index in [1.165, 1.54) is 5.56 Å². The minimum Gasteiger partial charge on any atom is -0.349 e. The highest BCUT2D eigenvalue weighted by atomic mass is 32.1. The standard InChI is InChI=1S/C20H21N5O2S/c1-25(14-15-8-4-2-5-9-15)13-12-21-17(26)19-23-24-20(28-19)18(27)22-16-10-6-3-7-11-16/h2-11H,12-14H2,1H3,(H,21,26)(H,22,27). The molecule has 3 rings (SSSR count). The molecule has 0 bridgehead atoms. The van der Waals surface area contributed by atoms with Crippen LogP contribution in [-0.4, -0.2) is 47.0 Å². The van der Waals surface area contributed by atoms with Crippen LogP contribution in [0, 0.1) is 0 Å². The first-order valence-electron chi connectivity index (χ1n) is 8.82. The summed E-state index contributed by atoms with van der Waals surface area (Å²) in [5.41, 5.74) is 1.88. The molecule has 7 nitrogen and oxygen atoms in total. The fourth-order valence-electron chi connectivity index (χ4n) is 2.52. The Morgan fingerprint density at radius 3 is 2.21 bits per heavy atom. The van der Waals surface area contributed by atoms with E-state index in [9.17, 15) is 9.59 Å². The van der Waals surface area contributed by atoms with Gasteiger partial charge < -0.3 is 15.5 Å². The molecule has 144 valence electrons. The number of para-hydroxylation sites is 1. The van der Waals surface area contributed by atoms with Gasteiger partial charge in [0, 0.05) is 25.3 Å². The molecule has 8 heteroatoms. The summed E-state index contributed by atoms with van der Waals surface area (Å²) < 4.78 is 0. The van der Waals surface area contributed by atoms with Gasteiger partial charge in [0.05, 0.1) is 0 Å². The molecule has 0 fully saturated rings. The average Bonchev–Trinajstić information content (AvgIpc) is 3.20. The Morgan fingerprint density at radius 1 is 0.929 bits per heavy atom. The van der Waals surface area contributed by atoms with Gasteiger partial charge in [-0.05, 0) is 24.7 Å². The average molecular weight is 395 g/mol. The minimum absolute atomic E-state index is 0.148. The molecule has 0 saturated carbocycles. The lowest BCUT2D eigenvalue weighted by atomic mass is 10.2. The van der Waals surface area contributed by atoms with Crippen molar-refractivity contribution in [2.24, 2.45) is 0 Å². The number of nitrogens with one attached hydrogen (secondary N) is 2. The first-order chi connectivity index (χ1) is 13.6. The molecule has 2 aromatic carbocycles. The van der Waals surface area contributed by atoms with Gasteiger partial charge >= 0.3 is 0 Å².